The van der Waals surface area contributed by atoms with Gasteiger partial charge in [-0.2, -0.15) is 4.36 Å². The molecule has 4 heteroatoms. The fraction of sp³-hybridized carbons (Fsp3) is 0.917. The molecular formula is C12H23NO2S. The van der Waals surface area contributed by atoms with Gasteiger partial charge in [0, 0.05) is 15.4 Å². The average Bonchev–Trinajstić information content (AvgIpc) is 2.81. The molecule has 1 amide bonds. The van der Waals surface area contributed by atoms with Crippen LogP contribution in [0.4, 0.5) is 0 Å². The molecule has 0 N–H and O–H groups in total. The van der Waals surface area contributed by atoms with Gasteiger partial charge >= 0.3 is 0 Å². The standard InChI is InChI=1S/C12H23NO2S/c1-11(2,3)10(14)13-16(15,9-7-8-9)12(4,5)6/h9H,7-8H2,1-6H3. The van der Waals surface area contributed by atoms with Gasteiger partial charge in [-0.05, 0) is 33.6 Å². The van der Waals surface area contributed by atoms with Crippen LogP contribution in [-0.2, 0) is 14.5 Å². The van der Waals surface area contributed by atoms with Crippen molar-refractivity contribution < 1.29 is 9.00 Å². The summed E-state index contributed by atoms with van der Waals surface area (Å²) >= 11 is 0. The van der Waals surface area contributed by atoms with Crippen LogP contribution in [0.5, 0.6) is 0 Å². The lowest BCUT2D eigenvalue weighted by molar-refractivity contribution is -0.124. The van der Waals surface area contributed by atoms with Gasteiger partial charge in [0.25, 0.3) is 5.91 Å². The zero-order valence-electron chi connectivity index (χ0n) is 11.2. The van der Waals surface area contributed by atoms with Gasteiger partial charge < -0.3 is 0 Å². The second-order valence-corrected chi connectivity index (χ2v) is 9.74. The maximum absolute atomic E-state index is 12.8. The fourth-order valence-electron chi connectivity index (χ4n) is 1.36. The third-order valence-electron chi connectivity index (χ3n) is 2.71. The zero-order chi connectivity index (χ0) is 12.8. The highest BCUT2D eigenvalue weighted by Gasteiger charge is 2.43. The van der Waals surface area contributed by atoms with Crippen molar-refractivity contribution in [3.63, 3.8) is 0 Å². The summed E-state index contributed by atoms with van der Waals surface area (Å²) in [6.45, 7) is 11.2. The third kappa shape index (κ3) is 2.65. The largest absolute Gasteiger partial charge is 0.271 e. The van der Waals surface area contributed by atoms with E-state index < -0.39 is 19.9 Å². The van der Waals surface area contributed by atoms with E-state index in [2.05, 4.69) is 4.36 Å². The predicted octanol–water partition coefficient (Wildman–Crippen LogP) is 2.99. The van der Waals surface area contributed by atoms with Crippen molar-refractivity contribution >= 4 is 15.6 Å². The van der Waals surface area contributed by atoms with Crippen molar-refractivity contribution in [2.24, 2.45) is 9.78 Å². The molecule has 0 saturated heterocycles. The Morgan fingerprint density at radius 3 is 1.81 bits per heavy atom. The van der Waals surface area contributed by atoms with Gasteiger partial charge in [0.05, 0.1) is 9.73 Å². The fourth-order valence-corrected chi connectivity index (χ4v) is 4.08. The highest BCUT2D eigenvalue weighted by atomic mass is 32.2. The third-order valence-corrected chi connectivity index (χ3v) is 6.28. The molecule has 0 radical (unpaired) electrons. The van der Waals surface area contributed by atoms with E-state index in [0.29, 0.717) is 0 Å². The SMILES string of the molecule is CC(C)(C)C(=O)N=S(=O)(C1CC1)C(C)(C)C. The Bertz CT molecular complexity index is 400. The molecule has 0 aromatic heterocycles. The molecule has 1 saturated carbocycles. The van der Waals surface area contributed by atoms with E-state index in [9.17, 15) is 9.00 Å². The number of amides is 1. The van der Waals surface area contributed by atoms with Gasteiger partial charge in [0.15, 0.2) is 0 Å². The topological polar surface area (TPSA) is 46.5 Å². The minimum absolute atomic E-state index is 0.124. The van der Waals surface area contributed by atoms with E-state index in [-0.39, 0.29) is 11.2 Å². The predicted molar refractivity (Wildman–Crippen MR) is 67.8 cm³/mol. The Morgan fingerprint density at radius 2 is 1.56 bits per heavy atom. The number of rotatable bonds is 1. The monoisotopic (exact) mass is 245 g/mol. The zero-order valence-corrected chi connectivity index (χ0v) is 12.0. The first-order chi connectivity index (χ1) is 6.98. The molecular weight excluding hydrogens is 222 g/mol. The molecule has 1 unspecified atom stereocenters. The normalized spacial score (nSPS) is 21.4. The first-order valence-electron chi connectivity index (χ1n) is 5.78. The van der Waals surface area contributed by atoms with Crippen molar-refractivity contribution in [2.75, 3.05) is 0 Å². The van der Waals surface area contributed by atoms with Crippen LogP contribution < -0.4 is 0 Å². The molecule has 0 bridgehead atoms. The van der Waals surface area contributed by atoms with E-state index >= 15 is 0 Å². The van der Waals surface area contributed by atoms with Crippen LogP contribution in [0.1, 0.15) is 54.4 Å². The number of carbonyl (C=O) groups is 1. The van der Waals surface area contributed by atoms with Crippen LogP contribution in [0.25, 0.3) is 0 Å². The Hall–Kier alpha value is -0.380. The van der Waals surface area contributed by atoms with Crippen LogP contribution in [0.2, 0.25) is 0 Å². The Kier molecular flexibility index (Phi) is 3.27. The van der Waals surface area contributed by atoms with Crippen molar-refractivity contribution in [2.45, 2.75) is 64.4 Å². The molecule has 0 aromatic carbocycles. The van der Waals surface area contributed by atoms with E-state index in [0.717, 1.165) is 12.8 Å². The average molecular weight is 245 g/mol. The van der Waals surface area contributed by atoms with Gasteiger partial charge in [-0.15, -0.1) is 0 Å². The second-order valence-electron chi connectivity index (χ2n) is 6.53. The second kappa shape index (κ2) is 3.83. The maximum Gasteiger partial charge on any atom is 0.259 e. The molecule has 1 rings (SSSR count). The molecule has 0 aliphatic heterocycles. The summed E-state index contributed by atoms with van der Waals surface area (Å²) in [5.41, 5.74) is -0.539. The van der Waals surface area contributed by atoms with Crippen LogP contribution >= 0.6 is 0 Å². The Balaban J connectivity index is 3.19. The van der Waals surface area contributed by atoms with Gasteiger partial charge in [-0.25, -0.2) is 4.21 Å². The summed E-state index contributed by atoms with van der Waals surface area (Å²) in [7, 11) is -2.42. The molecule has 1 aliphatic carbocycles. The van der Waals surface area contributed by atoms with Crippen LogP contribution in [0.15, 0.2) is 4.36 Å². The highest BCUT2D eigenvalue weighted by molar-refractivity contribution is 7.96. The van der Waals surface area contributed by atoms with E-state index in [4.69, 9.17) is 0 Å². The summed E-state index contributed by atoms with van der Waals surface area (Å²) < 4.78 is 16.5. The van der Waals surface area contributed by atoms with Crippen LogP contribution in [0.3, 0.4) is 0 Å². The van der Waals surface area contributed by atoms with Crippen molar-refractivity contribution in [1.82, 2.24) is 0 Å². The minimum atomic E-state index is -2.42. The molecule has 0 aromatic rings. The van der Waals surface area contributed by atoms with Gasteiger partial charge in [0.1, 0.15) is 0 Å². The Morgan fingerprint density at radius 1 is 1.12 bits per heavy atom. The van der Waals surface area contributed by atoms with E-state index in [1.807, 2.05) is 41.5 Å². The van der Waals surface area contributed by atoms with Gasteiger partial charge in [-0.3, -0.25) is 4.79 Å². The molecule has 0 heterocycles. The number of nitrogens with zero attached hydrogens (tertiary/aromatic N) is 1. The van der Waals surface area contributed by atoms with Gasteiger partial charge in [-0.1, -0.05) is 20.8 Å². The lowest BCUT2D eigenvalue weighted by Gasteiger charge is -2.25. The summed E-state index contributed by atoms with van der Waals surface area (Å²) in [5, 5.41) is 0.124. The highest BCUT2D eigenvalue weighted by Crippen LogP contribution is 2.38. The van der Waals surface area contributed by atoms with Crippen molar-refractivity contribution in [3.05, 3.63) is 0 Å². The smallest absolute Gasteiger partial charge is 0.259 e. The summed E-state index contributed by atoms with van der Waals surface area (Å²) in [5.74, 6) is -0.237. The number of carbonyl (C=O) groups excluding carboxylic acids is 1. The quantitative estimate of drug-likeness (QED) is 0.713. The lowest BCUT2D eigenvalue weighted by atomic mass is 9.96. The molecule has 94 valence electrons. The molecule has 0 spiro atoms. The summed E-state index contributed by atoms with van der Waals surface area (Å²) in [4.78, 5) is 11.9. The number of hydrogen-bond acceptors (Lipinski definition) is 2. The van der Waals surface area contributed by atoms with Crippen molar-refractivity contribution in [3.8, 4) is 0 Å². The first-order valence-corrected chi connectivity index (χ1v) is 7.36. The van der Waals surface area contributed by atoms with E-state index in [1.165, 1.54) is 0 Å². The summed E-state index contributed by atoms with van der Waals surface area (Å²) in [6, 6.07) is 0. The Labute approximate surface area is 99.2 Å². The molecule has 3 nitrogen and oxygen atoms in total. The van der Waals surface area contributed by atoms with Crippen LogP contribution in [0, 0.1) is 5.41 Å². The van der Waals surface area contributed by atoms with Gasteiger partial charge in [0.2, 0.25) is 0 Å². The van der Waals surface area contributed by atoms with Crippen LogP contribution in [-0.4, -0.2) is 20.1 Å². The molecule has 1 fully saturated rings. The van der Waals surface area contributed by atoms with Crippen molar-refractivity contribution in [1.29, 1.82) is 0 Å². The van der Waals surface area contributed by atoms with E-state index in [1.54, 1.807) is 0 Å². The maximum atomic E-state index is 12.8. The first kappa shape index (κ1) is 13.7. The lowest BCUT2D eigenvalue weighted by Crippen LogP contribution is -2.33. The number of hydrogen-bond donors (Lipinski definition) is 0. The molecule has 1 atom stereocenters. The molecule has 16 heavy (non-hydrogen) atoms. The minimum Gasteiger partial charge on any atom is -0.271 e. The molecule has 1 aliphatic rings. The summed E-state index contributed by atoms with van der Waals surface area (Å²) in [6.07, 6.45) is 1.88.